The van der Waals surface area contributed by atoms with Gasteiger partial charge in [0, 0.05) is 6.20 Å². The first-order valence-corrected chi connectivity index (χ1v) is 3.65. The van der Waals surface area contributed by atoms with Crippen molar-refractivity contribution in [2.24, 2.45) is 0 Å². The van der Waals surface area contributed by atoms with Gasteiger partial charge >= 0.3 is 0 Å². The smallest absolute Gasteiger partial charge is 0.134 e. The fourth-order valence-corrected chi connectivity index (χ4v) is 1.04. The van der Waals surface area contributed by atoms with Gasteiger partial charge in [0.15, 0.2) is 0 Å². The second kappa shape index (κ2) is 2.73. The molecule has 0 fully saturated rings. The zero-order chi connectivity index (χ0) is 8.39. The lowest BCUT2D eigenvalue weighted by atomic mass is 10.4. The third-order valence-corrected chi connectivity index (χ3v) is 1.64. The van der Waals surface area contributed by atoms with E-state index >= 15 is 0 Å². The van der Waals surface area contributed by atoms with Crippen molar-refractivity contribution in [2.45, 2.75) is 6.92 Å². The molecule has 0 aromatic carbocycles. The lowest BCUT2D eigenvalue weighted by Gasteiger charge is -2.00. The van der Waals surface area contributed by atoms with Gasteiger partial charge in [0.1, 0.15) is 12.2 Å². The van der Waals surface area contributed by atoms with Gasteiger partial charge in [0.25, 0.3) is 0 Å². The summed E-state index contributed by atoms with van der Waals surface area (Å²) in [5.41, 5.74) is 0.986. The van der Waals surface area contributed by atoms with Crippen LogP contribution in [0.1, 0.15) is 5.82 Å². The van der Waals surface area contributed by atoms with Crippen molar-refractivity contribution in [1.82, 2.24) is 19.7 Å². The van der Waals surface area contributed by atoms with Gasteiger partial charge in [-0.25, -0.2) is 0 Å². The monoisotopic (exact) mass is 160 g/mol. The Bertz CT molecular complexity index is 366. The molecule has 0 spiro atoms. The lowest BCUT2D eigenvalue weighted by Crippen LogP contribution is -1.94. The quantitative estimate of drug-likeness (QED) is 0.624. The summed E-state index contributed by atoms with van der Waals surface area (Å²) in [6, 6.07) is 3.85. The van der Waals surface area contributed by atoms with E-state index in [9.17, 15) is 0 Å². The normalized spacial score (nSPS) is 10.1. The third-order valence-electron chi connectivity index (χ3n) is 1.64. The van der Waals surface area contributed by atoms with Crippen LogP contribution >= 0.6 is 0 Å². The summed E-state index contributed by atoms with van der Waals surface area (Å²) in [7, 11) is 0. The molecule has 2 heterocycles. The number of aryl methyl sites for hydroxylation is 1. The molecule has 2 aromatic rings. The van der Waals surface area contributed by atoms with Gasteiger partial charge in [0.05, 0.1) is 11.9 Å². The highest BCUT2D eigenvalue weighted by Gasteiger charge is 1.98. The van der Waals surface area contributed by atoms with Crippen LogP contribution in [0.3, 0.4) is 0 Å². The van der Waals surface area contributed by atoms with Crippen LogP contribution in [0.5, 0.6) is 0 Å². The molecule has 4 heteroatoms. The first kappa shape index (κ1) is 6.97. The minimum atomic E-state index is 0.864. The van der Waals surface area contributed by atoms with Crippen molar-refractivity contribution in [2.75, 3.05) is 0 Å². The molecule has 0 aliphatic heterocycles. The van der Waals surface area contributed by atoms with Crippen LogP contribution in [-0.2, 0) is 0 Å². The lowest BCUT2D eigenvalue weighted by molar-refractivity contribution is 0.961. The molecule has 0 amide bonds. The second-order valence-electron chi connectivity index (χ2n) is 2.46. The van der Waals surface area contributed by atoms with Crippen LogP contribution in [0.4, 0.5) is 0 Å². The minimum Gasteiger partial charge on any atom is -0.284 e. The molecule has 0 bridgehead atoms. The Hall–Kier alpha value is -1.71. The van der Waals surface area contributed by atoms with Gasteiger partial charge in [-0.05, 0) is 19.1 Å². The molecule has 0 unspecified atom stereocenters. The highest BCUT2D eigenvalue weighted by molar-refractivity contribution is 5.27. The molecule has 2 rings (SSSR count). The van der Waals surface area contributed by atoms with Gasteiger partial charge in [-0.1, -0.05) is 0 Å². The molecule has 0 atom stereocenters. The summed E-state index contributed by atoms with van der Waals surface area (Å²) >= 11 is 0. The minimum absolute atomic E-state index is 0.864. The van der Waals surface area contributed by atoms with E-state index in [1.54, 1.807) is 18.7 Å². The Morgan fingerprint density at radius 2 is 2.33 bits per heavy atom. The van der Waals surface area contributed by atoms with Crippen molar-refractivity contribution >= 4 is 0 Å². The van der Waals surface area contributed by atoms with Crippen LogP contribution in [0.25, 0.3) is 5.69 Å². The van der Waals surface area contributed by atoms with Crippen LogP contribution in [0.2, 0.25) is 0 Å². The predicted molar refractivity (Wildman–Crippen MR) is 43.9 cm³/mol. The summed E-state index contributed by atoms with van der Waals surface area (Å²) in [6.45, 7) is 1.90. The van der Waals surface area contributed by atoms with E-state index in [1.165, 1.54) is 0 Å². The molecule has 0 saturated heterocycles. The third kappa shape index (κ3) is 1.07. The van der Waals surface area contributed by atoms with Crippen molar-refractivity contribution in [3.8, 4) is 5.69 Å². The topological polar surface area (TPSA) is 43.6 Å². The molecular weight excluding hydrogens is 152 g/mol. The SMILES string of the molecule is Cc1nncn1-c1cccnc1. The van der Waals surface area contributed by atoms with E-state index in [0.29, 0.717) is 0 Å². The fourth-order valence-electron chi connectivity index (χ4n) is 1.04. The van der Waals surface area contributed by atoms with E-state index in [0.717, 1.165) is 11.5 Å². The maximum absolute atomic E-state index is 4.01. The molecular formula is C8H8N4. The van der Waals surface area contributed by atoms with Crippen LogP contribution in [-0.4, -0.2) is 19.7 Å². The molecule has 4 nitrogen and oxygen atoms in total. The van der Waals surface area contributed by atoms with Gasteiger partial charge in [0.2, 0.25) is 0 Å². The summed E-state index contributed by atoms with van der Waals surface area (Å²) in [6.07, 6.45) is 5.19. The van der Waals surface area contributed by atoms with Gasteiger partial charge in [-0.15, -0.1) is 10.2 Å². The van der Waals surface area contributed by atoms with Crippen molar-refractivity contribution in [1.29, 1.82) is 0 Å². The maximum Gasteiger partial charge on any atom is 0.134 e. The molecule has 2 aromatic heterocycles. The van der Waals surface area contributed by atoms with E-state index < -0.39 is 0 Å². The molecule has 0 N–H and O–H groups in total. The molecule has 12 heavy (non-hydrogen) atoms. The highest BCUT2D eigenvalue weighted by Crippen LogP contribution is 2.05. The number of rotatable bonds is 1. The van der Waals surface area contributed by atoms with E-state index in [2.05, 4.69) is 15.2 Å². The molecule has 0 aliphatic rings. The Morgan fingerprint density at radius 1 is 1.42 bits per heavy atom. The Kier molecular flexibility index (Phi) is 1.59. The summed E-state index contributed by atoms with van der Waals surface area (Å²) in [4.78, 5) is 4.01. The van der Waals surface area contributed by atoms with E-state index in [1.807, 2.05) is 23.6 Å². The average Bonchev–Trinajstić information content (AvgIpc) is 2.53. The largest absolute Gasteiger partial charge is 0.284 e. The fraction of sp³-hybridized carbons (Fsp3) is 0.125. The van der Waals surface area contributed by atoms with Crippen LogP contribution < -0.4 is 0 Å². The van der Waals surface area contributed by atoms with Gasteiger partial charge < -0.3 is 0 Å². The molecule has 0 aliphatic carbocycles. The van der Waals surface area contributed by atoms with E-state index in [4.69, 9.17) is 0 Å². The van der Waals surface area contributed by atoms with Crippen LogP contribution in [0.15, 0.2) is 30.9 Å². The maximum atomic E-state index is 4.01. The zero-order valence-corrected chi connectivity index (χ0v) is 6.68. The summed E-state index contributed by atoms with van der Waals surface area (Å²) in [5.74, 6) is 0.864. The van der Waals surface area contributed by atoms with Gasteiger partial charge in [-0.3, -0.25) is 9.55 Å². The average molecular weight is 160 g/mol. The van der Waals surface area contributed by atoms with Crippen LogP contribution in [0, 0.1) is 6.92 Å². The molecule has 0 radical (unpaired) electrons. The Morgan fingerprint density at radius 3 is 2.92 bits per heavy atom. The molecule has 0 saturated carbocycles. The van der Waals surface area contributed by atoms with Crippen molar-refractivity contribution < 1.29 is 0 Å². The summed E-state index contributed by atoms with van der Waals surface area (Å²) in [5, 5.41) is 7.66. The first-order valence-electron chi connectivity index (χ1n) is 3.65. The Labute approximate surface area is 69.9 Å². The first-order chi connectivity index (χ1) is 5.88. The highest BCUT2D eigenvalue weighted by atomic mass is 15.3. The van der Waals surface area contributed by atoms with Crippen molar-refractivity contribution in [3.05, 3.63) is 36.7 Å². The standard InChI is InChI=1S/C8H8N4/c1-7-11-10-6-12(7)8-3-2-4-9-5-8/h2-6H,1H3. The van der Waals surface area contributed by atoms with E-state index in [-0.39, 0.29) is 0 Å². The predicted octanol–water partition coefficient (Wildman–Crippen LogP) is 0.971. The zero-order valence-electron chi connectivity index (χ0n) is 6.68. The van der Waals surface area contributed by atoms with Crippen molar-refractivity contribution in [3.63, 3.8) is 0 Å². The number of hydrogen-bond donors (Lipinski definition) is 0. The molecule has 60 valence electrons. The number of pyridine rings is 1. The number of nitrogens with zero attached hydrogens (tertiary/aromatic N) is 4. The van der Waals surface area contributed by atoms with Gasteiger partial charge in [-0.2, -0.15) is 0 Å². The Balaban J connectivity index is 2.51. The second-order valence-corrected chi connectivity index (χ2v) is 2.46. The number of aromatic nitrogens is 4. The number of hydrogen-bond acceptors (Lipinski definition) is 3. The summed E-state index contributed by atoms with van der Waals surface area (Å²) < 4.78 is 1.88.